The third-order valence-electron chi connectivity index (χ3n) is 3.06. The summed E-state index contributed by atoms with van der Waals surface area (Å²) in [5.74, 6) is 0.573. The lowest BCUT2D eigenvalue weighted by molar-refractivity contribution is 0.128. The molecule has 0 aromatic heterocycles. The molecule has 0 aliphatic carbocycles. The third-order valence-corrected chi connectivity index (χ3v) is 3.39. The highest BCUT2D eigenvalue weighted by atomic mass is 35.5. The number of aliphatic hydroxyl groups is 1. The monoisotopic (exact) mass is 255 g/mol. The second-order valence-electron chi connectivity index (χ2n) is 5.03. The van der Waals surface area contributed by atoms with E-state index < -0.39 is 12.1 Å². The van der Waals surface area contributed by atoms with Crippen molar-refractivity contribution in [2.45, 2.75) is 45.8 Å². The first-order chi connectivity index (χ1) is 7.93. The molecule has 0 aliphatic heterocycles. The molecule has 0 heterocycles. The smallest absolute Gasteiger partial charge is 0.0733 e. The van der Waals surface area contributed by atoms with Gasteiger partial charge in [0.2, 0.25) is 0 Å². The number of rotatable bonds is 5. The van der Waals surface area contributed by atoms with Crippen LogP contribution >= 0.6 is 11.6 Å². The minimum atomic E-state index is -0.531. The second-order valence-corrected chi connectivity index (χ2v) is 5.44. The SMILES string of the molecule is Cc1cccc(Cl)c1[C@@H](N)[C@@H](O)CCC(C)C. The fourth-order valence-electron chi connectivity index (χ4n) is 1.94. The van der Waals surface area contributed by atoms with Crippen molar-refractivity contribution in [1.29, 1.82) is 0 Å². The maximum Gasteiger partial charge on any atom is 0.0733 e. The quantitative estimate of drug-likeness (QED) is 0.847. The zero-order valence-corrected chi connectivity index (χ0v) is 11.5. The molecule has 0 aliphatic rings. The average molecular weight is 256 g/mol. The van der Waals surface area contributed by atoms with Gasteiger partial charge in [-0.3, -0.25) is 0 Å². The normalized spacial score (nSPS) is 15.0. The maximum absolute atomic E-state index is 10.1. The van der Waals surface area contributed by atoms with Crippen LogP contribution in [-0.4, -0.2) is 11.2 Å². The second kappa shape index (κ2) is 6.39. The van der Waals surface area contributed by atoms with E-state index in [2.05, 4.69) is 13.8 Å². The molecule has 0 radical (unpaired) electrons. The van der Waals surface area contributed by atoms with Crippen LogP contribution in [0.25, 0.3) is 0 Å². The van der Waals surface area contributed by atoms with E-state index in [4.69, 9.17) is 17.3 Å². The van der Waals surface area contributed by atoms with E-state index in [0.717, 1.165) is 17.5 Å². The van der Waals surface area contributed by atoms with Gasteiger partial charge < -0.3 is 10.8 Å². The fraction of sp³-hybridized carbons (Fsp3) is 0.571. The molecule has 3 heteroatoms. The molecule has 0 fully saturated rings. The molecular formula is C14H22ClNO. The van der Waals surface area contributed by atoms with Crippen LogP contribution in [-0.2, 0) is 0 Å². The minimum Gasteiger partial charge on any atom is -0.391 e. The largest absolute Gasteiger partial charge is 0.391 e. The lowest BCUT2D eigenvalue weighted by atomic mass is 9.93. The van der Waals surface area contributed by atoms with Crippen LogP contribution in [0.2, 0.25) is 5.02 Å². The Hall–Kier alpha value is -0.570. The lowest BCUT2D eigenvalue weighted by Crippen LogP contribution is -2.27. The number of hydrogen-bond donors (Lipinski definition) is 2. The number of nitrogens with two attached hydrogens (primary N) is 1. The Labute approximate surface area is 109 Å². The molecule has 0 spiro atoms. The lowest BCUT2D eigenvalue weighted by Gasteiger charge is -2.22. The van der Waals surface area contributed by atoms with Gasteiger partial charge in [-0.1, -0.05) is 37.6 Å². The first kappa shape index (κ1) is 14.5. The molecule has 1 rings (SSSR count). The predicted molar refractivity (Wildman–Crippen MR) is 73.2 cm³/mol. The Kier molecular flexibility index (Phi) is 5.44. The van der Waals surface area contributed by atoms with Crippen LogP contribution in [0, 0.1) is 12.8 Å². The first-order valence-corrected chi connectivity index (χ1v) is 6.50. The predicted octanol–water partition coefficient (Wildman–Crippen LogP) is 3.45. The molecule has 0 saturated carbocycles. The van der Waals surface area contributed by atoms with Crippen LogP contribution in [0.4, 0.5) is 0 Å². The molecule has 0 amide bonds. The van der Waals surface area contributed by atoms with Crippen LogP contribution in [0.5, 0.6) is 0 Å². The van der Waals surface area contributed by atoms with Crippen LogP contribution in [0.15, 0.2) is 18.2 Å². The van der Waals surface area contributed by atoms with Crippen LogP contribution < -0.4 is 5.73 Å². The molecule has 2 atom stereocenters. The van der Waals surface area contributed by atoms with Crippen molar-refractivity contribution in [2.75, 3.05) is 0 Å². The topological polar surface area (TPSA) is 46.2 Å². The zero-order chi connectivity index (χ0) is 13.0. The van der Waals surface area contributed by atoms with Gasteiger partial charge in [-0.05, 0) is 42.9 Å². The van der Waals surface area contributed by atoms with Gasteiger partial charge in [-0.15, -0.1) is 0 Å². The zero-order valence-electron chi connectivity index (χ0n) is 10.8. The van der Waals surface area contributed by atoms with Gasteiger partial charge >= 0.3 is 0 Å². The summed E-state index contributed by atoms with van der Waals surface area (Å²) >= 11 is 6.14. The van der Waals surface area contributed by atoms with Crippen molar-refractivity contribution in [2.24, 2.45) is 11.7 Å². The maximum atomic E-state index is 10.1. The Bertz CT molecular complexity index is 345. The summed E-state index contributed by atoms with van der Waals surface area (Å²) in [6.07, 6.45) is 1.15. The molecule has 0 saturated heterocycles. The summed E-state index contributed by atoms with van der Waals surface area (Å²) < 4.78 is 0. The summed E-state index contributed by atoms with van der Waals surface area (Å²) in [5.41, 5.74) is 7.99. The summed E-state index contributed by atoms with van der Waals surface area (Å²) in [4.78, 5) is 0. The molecule has 96 valence electrons. The van der Waals surface area contributed by atoms with Crippen LogP contribution in [0.3, 0.4) is 0 Å². The van der Waals surface area contributed by atoms with E-state index in [0.29, 0.717) is 17.4 Å². The van der Waals surface area contributed by atoms with Gasteiger partial charge in [0.25, 0.3) is 0 Å². The van der Waals surface area contributed by atoms with Gasteiger partial charge in [-0.25, -0.2) is 0 Å². The number of benzene rings is 1. The van der Waals surface area contributed by atoms with E-state index in [-0.39, 0.29) is 0 Å². The molecule has 17 heavy (non-hydrogen) atoms. The van der Waals surface area contributed by atoms with Crippen molar-refractivity contribution in [3.63, 3.8) is 0 Å². The number of aryl methyl sites for hydroxylation is 1. The number of halogens is 1. The number of aliphatic hydroxyl groups excluding tert-OH is 1. The van der Waals surface area contributed by atoms with E-state index in [1.54, 1.807) is 0 Å². The summed E-state index contributed by atoms with van der Waals surface area (Å²) in [5, 5.41) is 10.7. The van der Waals surface area contributed by atoms with E-state index >= 15 is 0 Å². The van der Waals surface area contributed by atoms with E-state index in [9.17, 15) is 5.11 Å². The molecular weight excluding hydrogens is 234 g/mol. The molecule has 1 aromatic rings. The van der Waals surface area contributed by atoms with Gasteiger partial charge in [0.05, 0.1) is 12.1 Å². The van der Waals surface area contributed by atoms with Crippen LogP contribution in [0.1, 0.15) is 43.9 Å². The molecule has 0 unspecified atom stereocenters. The molecule has 2 nitrogen and oxygen atoms in total. The van der Waals surface area contributed by atoms with Crippen molar-refractivity contribution >= 4 is 11.6 Å². The van der Waals surface area contributed by atoms with Crippen molar-refractivity contribution < 1.29 is 5.11 Å². The van der Waals surface area contributed by atoms with Crippen molar-refractivity contribution in [3.8, 4) is 0 Å². The Morgan fingerprint density at radius 1 is 1.29 bits per heavy atom. The highest BCUT2D eigenvalue weighted by molar-refractivity contribution is 6.31. The highest BCUT2D eigenvalue weighted by Gasteiger charge is 2.20. The molecule has 0 bridgehead atoms. The first-order valence-electron chi connectivity index (χ1n) is 6.12. The summed E-state index contributed by atoms with van der Waals surface area (Å²) in [6.45, 7) is 6.24. The Balaban J connectivity index is 2.78. The highest BCUT2D eigenvalue weighted by Crippen LogP contribution is 2.28. The summed E-state index contributed by atoms with van der Waals surface area (Å²) in [6, 6.07) is 5.28. The van der Waals surface area contributed by atoms with E-state index in [1.807, 2.05) is 25.1 Å². The van der Waals surface area contributed by atoms with E-state index in [1.165, 1.54) is 0 Å². The minimum absolute atomic E-state index is 0.401. The van der Waals surface area contributed by atoms with Gasteiger partial charge in [0, 0.05) is 5.02 Å². The Morgan fingerprint density at radius 2 is 1.94 bits per heavy atom. The average Bonchev–Trinajstić information content (AvgIpc) is 2.25. The number of hydrogen-bond acceptors (Lipinski definition) is 2. The van der Waals surface area contributed by atoms with Crippen molar-refractivity contribution in [1.82, 2.24) is 0 Å². The summed E-state index contributed by atoms with van der Waals surface area (Å²) in [7, 11) is 0. The molecule has 3 N–H and O–H groups in total. The third kappa shape index (κ3) is 3.98. The Morgan fingerprint density at radius 3 is 2.47 bits per heavy atom. The fourth-order valence-corrected chi connectivity index (χ4v) is 2.29. The molecule has 1 aromatic carbocycles. The van der Waals surface area contributed by atoms with Crippen molar-refractivity contribution in [3.05, 3.63) is 34.3 Å². The van der Waals surface area contributed by atoms with Gasteiger partial charge in [-0.2, -0.15) is 0 Å². The van der Waals surface area contributed by atoms with Gasteiger partial charge in [0.15, 0.2) is 0 Å². The standard InChI is InChI=1S/C14H22ClNO/c1-9(2)7-8-12(17)14(16)13-10(3)5-4-6-11(13)15/h4-6,9,12,14,17H,7-8,16H2,1-3H3/t12-,14-/m0/s1. The van der Waals surface area contributed by atoms with Gasteiger partial charge in [0.1, 0.15) is 0 Å².